The molecule has 0 spiro atoms. The fourth-order valence-electron chi connectivity index (χ4n) is 2.00. The normalized spacial score (nSPS) is 11.2. The second kappa shape index (κ2) is 6.20. The molecular formula is C14H18N4O3S. The molecule has 1 amide bonds. The standard InChI is InChI=1S/C14H18N4O3S/c1-3-10-4-6-11(7-5-10)17-22(20,21)12-8-13(14(19)16-15)18(2)9-12/h4-9,17H,3,15H2,1-2H3,(H,16,19). The number of nitrogen functional groups attached to an aromatic ring is 1. The number of amides is 1. The van der Waals surface area contributed by atoms with Crippen LogP contribution < -0.4 is 16.0 Å². The predicted octanol–water partition coefficient (Wildman–Crippen LogP) is 0.992. The number of hydrogen-bond acceptors (Lipinski definition) is 4. The average Bonchev–Trinajstić information content (AvgIpc) is 2.90. The van der Waals surface area contributed by atoms with Crippen LogP contribution in [0.1, 0.15) is 23.0 Å². The minimum absolute atomic E-state index is 0.00633. The number of hydrogen-bond donors (Lipinski definition) is 3. The lowest BCUT2D eigenvalue weighted by Gasteiger charge is -2.07. The van der Waals surface area contributed by atoms with Gasteiger partial charge in [-0.2, -0.15) is 0 Å². The number of aryl methyl sites for hydroxylation is 2. The monoisotopic (exact) mass is 322 g/mol. The topological polar surface area (TPSA) is 106 Å². The minimum atomic E-state index is -3.77. The Morgan fingerprint density at radius 2 is 1.91 bits per heavy atom. The Labute approximate surface area is 129 Å². The van der Waals surface area contributed by atoms with Gasteiger partial charge in [-0.15, -0.1) is 0 Å². The van der Waals surface area contributed by atoms with Crippen LogP contribution in [-0.4, -0.2) is 18.9 Å². The van der Waals surface area contributed by atoms with Gasteiger partial charge in [0, 0.05) is 18.9 Å². The van der Waals surface area contributed by atoms with Gasteiger partial charge in [0.1, 0.15) is 10.6 Å². The van der Waals surface area contributed by atoms with Crippen molar-refractivity contribution in [2.45, 2.75) is 18.2 Å². The Kier molecular flexibility index (Phi) is 4.53. The molecule has 0 aliphatic carbocycles. The summed E-state index contributed by atoms with van der Waals surface area (Å²) in [7, 11) is -2.20. The van der Waals surface area contributed by atoms with Crippen LogP contribution >= 0.6 is 0 Å². The lowest BCUT2D eigenvalue weighted by Crippen LogP contribution is -2.31. The molecule has 22 heavy (non-hydrogen) atoms. The fraction of sp³-hybridized carbons (Fsp3) is 0.214. The van der Waals surface area contributed by atoms with E-state index in [2.05, 4.69) is 4.72 Å². The number of nitrogens with zero attached hydrogens (tertiary/aromatic N) is 1. The summed E-state index contributed by atoms with van der Waals surface area (Å²) in [6, 6.07) is 8.39. The maximum atomic E-state index is 12.3. The van der Waals surface area contributed by atoms with E-state index in [-0.39, 0.29) is 10.6 Å². The Morgan fingerprint density at radius 1 is 1.27 bits per heavy atom. The number of aromatic nitrogens is 1. The van der Waals surface area contributed by atoms with Crippen LogP contribution in [0, 0.1) is 0 Å². The van der Waals surface area contributed by atoms with Gasteiger partial charge in [0.25, 0.3) is 15.9 Å². The molecule has 0 atom stereocenters. The van der Waals surface area contributed by atoms with Crippen molar-refractivity contribution in [2.24, 2.45) is 12.9 Å². The Balaban J connectivity index is 2.28. The molecule has 0 saturated carbocycles. The van der Waals surface area contributed by atoms with Crippen LogP contribution in [-0.2, 0) is 23.5 Å². The second-order valence-electron chi connectivity index (χ2n) is 4.80. The highest BCUT2D eigenvalue weighted by Crippen LogP contribution is 2.19. The molecule has 1 aromatic heterocycles. The molecule has 0 saturated heterocycles. The number of carbonyl (C=O) groups is 1. The van der Waals surface area contributed by atoms with Crippen molar-refractivity contribution in [1.29, 1.82) is 0 Å². The fourth-order valence-corrected chi connectivity index (χ4v) is 3.13. The Hall–Kier alpha value is -2.32. The van der Waals surface area contributed by atoms with Crippen molar-refractivity contribution >= 4 is 21.6 Å². The van der Waals surface area contributed by atoms with Crippen LogP contribution in [0.3, 0.4) is 0 Å². The van der Waals surface area contributed by atoms with Crippen molar-refractivity contribution in [3.63, 3.8) is 0 Å². The van der Waals surface area contributed by atoms with Crippen molar-refractivity contribution in [1.82, 2.24) is 9.99 Å². The van der Waals surface area contributed by atoms with Crippen molar-refractivity contribution in [3.05, 3.63) is 47.8 Å². The first-order chi connectivity index (χ1) is 10.4. The molecule has 0 aliphatic rings. The van der Waals surface area contributed by atoms with E-state index in [0.29, 0.717) is 5.69 Å². The smallest absolute Gasteiger partial charge is 0.281 e. The van der Waals surface area contributed by atoms with Crippen LogP contribution in [0.25, 0.3) is 0 Å². The van der Waals surface area contributed by atoms with Gasteiger partial charge in [-0.3, -0.25) is 14.9 Å². The summed E-state index contributed by atoms with van der Waals surface area (Å²) in [6.07, 6.45) is 2.23. The van der Waals surface area contributed by atoms with Crippen molar-refractivity contribution in [2.75, 3.05) is 4.72 Å². The van der Waals surface area contributed by atoms with Gasteiger partial charge in [-0.05, 0) is 30.2 Å². The van der Waals surface area contributed by atoms with Gasteiger partial charge in [0.2, 0.25) is 0 Å². The number of anilines is 1. The van der Waals surface area contributed by atoms with Crippen LogP contribution in [0.4, 0.5) is 5.69 Å². The highest BCUT2D eigenvalue weighted by Gasteiger charge is 2.20. The highest BCUT2D eigenvalue weighted by atomic mass is 32.2. The number of rotatable bonds is 5. The molecule has 1 aromatic carbocycles. The molecule has 8 heteroatoms. The van der Waals surface area contributed by atoms with Crippen LogP contribution in [0.15, 0.2) is 41.4 Å². The van der Waals surface area contributed by atoms with E-state index >= 15 is 0 Å². The number of carbonyl (C=O) groups excluding carboxylic acids is 1. The van der Waals surface area contributed by atoms with E-state index in [1.165, 1.54) is 16.8 Å². The van der Waals surface area contributed by atoms with Crippen LogP contribution in [0.5, 0.6) is 0 Å². The summed E-state index contributed by atoms with van der Waals surface area (Å²) in [5.74, 6) is 4.51. The molecule has 0 bridgehead atoms. The van der Waals surface area contributed by atoms with E-state index in [0.717, 1.165) is 12.0 Å². The summed E-state index contributed by atoms with van der Waals surface area (Å²) in [4.78, 5) is 11.5. The van der Waals surface area contributed by atoms with Crippen molar-refractivity contribution in [3.8, 4) is 0 Å². The van der Waals surface area contributed by atoms with Crippen LogP contribution in [0.2, 0.25) is 0 Å². The molecule has 2 rings (SSSR count). The summed E-state index contributed by atoms with van der Waals surface area (Å²) < 4.78 is 28.6. The largest absolute Gasteiger partial charge is 0.345 e. The lowest BCUT2D eigenvalue weighted by molar-refractivity contribution is 0.0945. The number of benzene rings is 1. The minimum Gasteiger partial charge on any atom is -0.345 e. The molecule has 4 N–H and O–H groups in total. The molecule has 2 aromatic rings. The van der Waals surface area contributed by atoms with Gasteiger partial charge >= 0.3 is 0 Å². The van der Waals surface area contributed by atoms with Gasteiger partial charge in [0.05, 0.1) is 0 Å². The third-order valence-electron chi connectivity index (χ3n) is 3.27. The second-order valence-corrected chi connectivity index (χ2v) is 6.48. The van der Waals surface area contributed by atoms with Gasteiger partial charge in [-0.25, -0.2) is 14.3 Å². The summed E-state index contributed by atoms with van der Waals surface area (Å²) in [6.45, 7) is 2.02. The van der Waals surface area contributed by atoms with E-state index in [1.54, 1.807) is 19.2 Å². The third-order valence-corrected chi connectivity index (χ3v) is 4.62. The SMILES string of the molecule is CCc1ccc(NS(=O)(=O)c2cc(C(=O)NN)n(C)c2)cc1. The summed E-state index contributed by atoms with van der Waals surface area (Å²) >= 11 is 0. The molecule has 7 nitrogen and oxygen atoms in total. The lowest BCUT2D eigenvalue weighted by atomic mass is 10.2. The van der Waals surface area contributed by atoms with Gasteiger partial charge in [-0.1, -0.05) is 19.1 Å². The first-order valence-electron chi connectivity index (χ1n) is 6.66. The number of nitrogens with one attached hydrogen (secondary N) is 2. The molecule has 0 fully saturated rings. The average molecular weight is 322 g/mol. The summed E-state index contributed by atoms with van der Waals surface area (Å²) in [5.41, 5.74) is 3.71. The molecule has 0 radical (unpaired) electrons. The number of nitrogens with two attached hydrogens (primary N) is 1. The first kappa shape index (κ1) is 16.1. The molecule has 0 aliphatic heterocycles. The van der Waals surface area contributed by atoms with E-state index in [1.807, 2.05) is 24.5 Å². The maximum Gasteiger partial charge on any atom is 0.281 e. The maximum absolute atomic E-state index is 12.3. The zero-order chi connectivity index (χ0) is 16.3. The number of sulfonamides is 1. The first-order valence-corrected chi connectivity index (χ1v) is 8.14. The van der Waals surface area contributed by atoms with E-state index < -0.39 is 15.9 Å². The Bertz CT molecular complexity index is 779. The highest BCUT2D eigenvalue weighted by molar-refractivity contribution is 7.92. The van der Waals surface area contributed by atoms with Gasteiger partial charge in [0.15, 0.2) is 0 Å². The van der Waals surface area contributed by atoms with E-state index in [9.17, 15) is 13.2 Å². The zero-order valence-corrected chi connectivity index (χ0v) is 13.1. The summed E-state index contributed by atoms with van der Waals surface area (Å²) in [5, 5.41) is 0. The molecular weight excluding hydrogens is 304 g/mol. The Morgan fingerprint density at radius 3 is 2.45 bits per heavy atom. The third kappa shape index (κ3) is 3.29. The molecule has 0 unspecified atom stereocenters. The zero-order valence-electron chi connectivity index (χ0n) is 12.3. The van der Waals surface area contributed by atoms with Crippen molar-refractivity contribution < 1.29 is 13.2 Å². The molecule has 118 valence electrons. The quantitative estimate of drug-likeness (QED) is 0.433. The predicted molar refractivity (Wildman–Crippen MR) is 83.7 cm³/mol. The van der Waals surface area contributed by atoms with E-state index in [4.69, 9.17) is 5.84 Å². The van der Waals surface area contributed by atoms with Gasteiger partial charge < -0.3 is 4.57 Å². The number of hydrazine groups is 1. The molecule has 1 heterocycles.